The van der Waals surface area contributed by atoms with E-state index in [-0.39, 0.29) is 5.91 Å². The van der Waals surface area contributed by atoms with Gasteiger partial charge in [0, 0.05) is 38.6 Å². The summed E-state index contributed by atoms with van der Waals surface area (Å²) in [5, 5.41) is 11.7. The topological polar surface area (TPSA) is 75.9 Å². The van der Waals surface area contributed by atoms with Crippen LogP contribution in [0.1, 0.15) is 65.0 Å². The van der Waals surface area contributed by atoms with E-state index in [4.69, 9.17) is 0 Å². The molecule has 33 heavy (non-hydrogen) atoms. The Hall–Kier alpha value is -3.06. The molecule has 1 saturated carbocycles. The van der Waals surface area contributed by atoms with Crippen LogP contribution in [0.15, 0.2) is 42.7 Å². The molecule has 7 heteroatoms. The highest BCUT2D eigenvalue weighted by Gasteiger charge is 2.24. The second-order valence-electron chi connectivity index (χ2n) is 9.38. The Labute approximate surface area is 195 Å². The van der Waals surface area contributed by atoms with Gasteiger partial charge in [0.2, 0.25) is 0 Å². The lowest BCUT2D eigenvalue weighted by Crippen LogP contribution is -2.31. The van der Waals surface area contributed by atoms with Crippen LogP contribution >= 0.6 is 0 Å². The third-order valence-electron chi connectivity index (χ3n) is 7.09. The number of benzene rings is 1. The molecule has 2 aliphatic rings. The number of pyridine rings is 1. The minimum absolute atomic E-state index is 0.113. The number of fused-ring (bicyclic) bond motifs is 1. The van der Waals surface area contributed by atoms with Gasteiger partial charge in [-0.2, -0.15) is 0 Å². The van der Waals surface area contributed by atoms with Crippen LogP contribution in [0.3, 0.4) is 0 Å². The monoisotopic (exact) mass is 444 g/mol. The molecule has 0 bridgehead atoms. The summed E-state index contributed by atoms with van der Waals surface area (Å²) in [6.45, 7) is 5.47. The number of nitrogens with one attached hydrogen (secondary N) is 1. The number of rotatable bonds is 6. The van der Waals surface area contributed by atoms with E-state index in [2.05, 4.69) is 55.8 Å². The molecule has 0 spiro atoms. The molecule has 1 amide bonds. The first kappa shape index (κ1) is 21.8. The van der Waals surface area contributed by atoms with Gasteiger partial charge in [-0.05, 0) is 67.0 Å². The average molecular weight is 445 g/mol. The number of carbonyl (C=O) groups is 1. The van der Waals surface area contributed by atoms with Crippen LogP contribution in [0, 0.1) is 12.8 Å². The Bertz CT molecular complexity index is 1100. The Morgan fingerprint density at radius 1 is 1.12 bits per heavy atom. The van der Waals surface area contributed by atoms with E-state index in [1.807, 2.05) is 24.0 Å². The maximum atomic E-state index is 12.8. The molecule has 1 aromatic carbocycles. The molecule has 1 fully saturated rings. The molecule has 1 N–H and O–H groups in total. The van der Waals surface area contributed by atoms with E-state index in [0.29, 0.717) is 11.6 Å². The van der Waals surface area contributed by atoms with E-state index in [9.17, 15) is 4.79 Å². The van der Waals surface area contributed by atoms with Gasteiger partial charge in [-0.25, -0.2) is 4.68 Å². The second kappa shape index (κ2) is 9.83. The van der Waals surface area contributed by atoms with Crippen LogP contribution in [0.4, 0.5) is 0 Å². The van der Waals surface area contributed by atoms with Gasteiger partial charge in [-0.3, -0.25) is 14.7 Å². The fraction of sp³-hybridized carbons (Fsp3) is 0.462. The summed E-state index contributed by atoms with van der Waals surface area (Å²) in [6, 6.07) is 10.5. The van der Waals surface area contributed by atoms with E-state index in [1.165, 1.54) is 48.8 Å². The zero-order valence-corrected chi connectivity index (χ0v) is 19.3. The van der Waals surface area contributed by atoms with Gasteiger partial charge in [-0.15, -0.1) is 5.10 Å². The van der Waals surface area contributed by atoms with Crippen molar-refractivity contribution in [1.29, 1.82) is 0 Å². The molecule has 0 radical (unpaired) electrons. The van der Waals surface area contributed by atoms with Gasteiger partial charge in [0.25, 0.3) is 5.91 Å². The molecule has 7 nitrogen and oxygen atoms in total. The summed E-state index contributed by atoms with van der Waals surface area (Å²) in [6.07, 6.45) is 10.9. The molecule has 3 aromatic rings. The highest BCUT2D eigenvalue weighted by molar-refractivity contribution is 5.93. The first-order valence-corrected chi connectivity index (χ1v) is 12.1. The van der Waals surface area contributed by atoms with Crippen molar-refractivity contribution < 1.29 is 4.79 Å². The summed E-state index contributed by atoms with van der Waals surface area (Å²) >= 11 is 0. The number of nitrogens with zero attached hydrogens (tertiary/aromatic N) is 5. The Morgan fingerprint density at radius 3 is 2.76 bits per heavy atom. The first-order chi connectivity index (χ1) is 16.2. The van der Waals surface area contributed by atoms with Gasteiger partial charge in [0.1, 0.15) is 0 Å². The van der Waals surface area contributed by atoms with Crippen molar-refractivity contribution in [2.45, 2.75) is 58.5 Å². The summed E-state index contributed by atoms with van der Waals surface area (Å²) in [5.74, 6) is 0.479. The van der Waals surface area contributed by atoms with Gasteiger partial charge < -0.3 is 5.32 Å². The Balaban J connectivity index is 1.30. The molecule has 0 atom stereocenters. The summed E-state index contributed by atoms with van der Waals surface area (Å²) in [7, 11) is 0. The summed E-state index contributed by atoms with van der Waals surface area (Å²) in [5.41, 5.74) is 6.15. The van der Waals surface area contributed by atoms with Gasteiger partial charge >= 0.3 is 0 Å². The van der Waals surface area contributed by atoms with Crippen LogP contribution in [-0.4, -0.2) is 43.9 Å². The molecule has 2 aromatic heterocycles. The highest BCUT2D eigenvalue weighted by Crippen LogP contribution is 2.27. The smallest absolute Gasteiger partial charge is 0.273 e. The molecule has 3 heterocycles. The van der Waals surface area contributed by atoms with E-state index >= 15 is 0 Å². The lowest BCUT2D eigenvalue weighted by Gasteiger charge is -2.30. The fourth-order valence-corrected chi connectivity index (χ4v) is 5.21. The Kier molecular flexibility index (Phi) is 6.48. The number of amides is 1. The predicted octanol–water partition coefficient (Wildman–Crippen LogP) is 3.84. The van der Waals surface area contributed by atoms with Crippen LogP contribution < -0.4 is 5.32 Å². The third kappa shape index (κ3) is 4.83. The van der Waals surface area contributed by atoms with E-state index in [0.717, 1.165) is 44.0 Å². The number of aromatic nitrogens is 4. The molecule has 1 aliphatic heterocycles. The first-order valence-electron chi connectivity index (χ1n) is 12.1. The number of hydrogen-bond donors (Lipinski definition) is 1. The maximum Gasteiger partial charge on any atom is 0.273 e. The highest BCUT2D eigenvalue weighted by atomic mass is 16.2. The van der Waals surface area contributed by atoms with Crippen LogP contribution in [0.5, 0.6) is 0 Å². The normalized spacial score (nSPS) is 17.0. The van der Waals surface area contributed by atoms with Gasteiger partial charge in [-0.1, -0.05) is 36.6 Å². The maximum absolute atomic E-state index is 12.8. The molecule has 5 rings (SSSR count). The van der Waals surface area contributed by atoms with Crippen LogP contribution in [0.25, 0.3) is 5.69 Å². The molecule has 172 valence electrons. The Morgan fingerprint density at radius 2 is 1.94 bits per heavy atom. The summed E-state index contributed by atoms with van der Waals surface area (Å²) < 4.78 is 1.84. The minimum atomic E-state index is -0.113. The molecule has 0 saturated heterocycles. The molecular weight excluding hydrogens is 412 g/mol. The van der Waals surface area contributed by atoms with Crippen LogP contribution in [0.2, 0.25) is 0 Å². The summed E-state index contributed by atoms with van der Waals surface area (Å²) in [4.78, 5) is 19.4. The predicted molar refractivity (Wildman–Crippen MR) is 127 cm³/mol. The van der Waals surface area contributed by atoms with E-state index in [1.54, 1.807) is 0 Å². The van der Waals surface area contributed by atoms with Crippen molar-refractivity contribution >= 4 is 5.91 Å². The second-order valence-corrected chi connectivity index (χ2v) is 9.38. The van der Waals surface area contributed by atoms with Crippen molar-refractivity contribution in [1.82, 2.24) is 30.2 Å². The third-order valence-corrected chi connectivity index (χ3v) is 7.09. The van der Waals surface area contributed by atoms with E-state index < -0.39 is 0 Å². The van der Waals surface area contributed by atoms with Gasteiger partial charge in [0.05, 0.1) is 11.4 Å². The quantitative estimate of drug-likeness (QED) is 0.625. The number of carbonyl (C=O) groups excluding carboxylic acids is 1. The van der Waals surface area contributed by atoms with Crippen molar-refractivity contribution in [3.05, 3.63) is 70.8 Å². The molecule has 0 unspecified atom stereocenters. The van der Waals surface area contributed by atoms with Gasteiger partial charge in [0.15, 0.2) is 5.69 Å². The van der Waals surface area contributed by atoms with Crippen molar-refractivity contribution in [2.75, 3.05) is 13.1 Å². The van der Waals surface area contributed by atoms with Crippen LogP contribution in [-0.2, 0) is 19.5 Å². The number of hydrogen-bond acceptors (Lipinski definition) is 5. The zero-order chi connectivity index (χ0) is 22.6. The molecular formula is C26H32N6O. The molecule has 1 aliphatic carbocycles. The van der Waals surface area contributed by atoms with Crippen molar-refractivity contribution in [3.63, 3.8) is 0 Å². The standard InChI is InChI=1S/C26H32N6O/c1-19-25(26(33)28-16-20-6-3-2-4-7-20)29-30-32(19)24-9-5-8-22-18-31(15-12-23(22)24)17-21-10-13-27-14-11-21/h5,8-11,13-14,20H,2-4,6-7,12,15-18H2,1H3,(H,28,33). The van der Waals surface area contributed by atoms with Crippen molar-refractivity contribution in [3.8, 4) is 5.69 Å². The zero-order valence-electron chi connectivity index (χ0n) is 19.3. The SMILES string of the molecule is Cc1c(C(=O)NCC2CCCCC2)nnn1-c1cccc2c1CCN(Cc1ccncc1)C2. The average Bonchev–Trinajstić information content (AvgIpc) is 3.24. The lowest BCUT2D eigenvalue weighted by atomic mass is 9.89. The minimum Gasteiger partial charge on any atom is -0.350 e. The largest absolute Gasteiger partial charge is 0.350 e. The lowest BCUT2D eigenvalue weighted by molar-refractivity contribution is 0.0938. The van der Waals surface area contributed by atoms with Crippen molar-refractivity contribution in [2.24, 2.45) is 5.92 Å². The fourth-order valence-electron chi connectivity index (χ4n) is 5.21.